The van der Waals surface area contributed by atoms with Gasteiger partial charge in [0.25, 0.3) is 0 Å². The van der Waals surface area contributed by atoms with Crippen molar-refractivity contribution in [3.63, 3.8) is 0 Å². The van der Waals surface area contributed by atoms with Crippen molar-refractivity contribution in [2.75, 3.05) is 0 Å². The molecule has 1 heterocycles. The average Bonchev–Trinajstić information content (AvgIpc) is 2.41. The first-order valence-electron chi connectivity index (χ1n) is 5.08. The molecule has 0 amide bonds. The second-order valence-corrected chi connectivity index (χ2v) is 3.90. The third-order valence-electron chi connectivity index (χ3n) is 2.20. The highest BCUT2D eigenvalue weighted by Gasteiger charge is 2.16. The smallest absolute Gasteiger partial charge is 0.313 e. The summed E-state index contributed by atoms with van der Waals surface area (Å²) in [5, 5.41) is 19.7. The lowest BCUT2D eigenvalue weighted by atomic mass is 10.3. The van der Waals surface area contributed by atoms with Crippen LogP contribution in [0.1, 0.15) is 5.69 Å². The highest BCUT2D eigenvalue weighted by molar-refractivity contribution is 6.30. The Morgan fingerprint density at radius 1 is 1.37 bits per heavy atom. The van der Waals surface area contributed by atoms with Crippen molar-refractivity contribution >= 4 is 17.3 Å². The van der Waals surface area contributed by atoms with Crippen molar-refractivity contribution in [2.45, 2.75) is 0 Å². The Bertz CT molecular complexity index is 665. The van der Waals surface area contributed by atoms with E-state index in [1.165, 1.54) is 36.5 Å². The molecule has 1 aromatic carbocycles. The van der Waals surface area contributed by atoms with Crippen LogP contribution in [-0.4, -0.2) is 9.91 Å². The predicted molar refractivity (Wildman–Crippen MR) is 67.1 cm³/mol. The molecule has 2 aromatic rings. The number of nitrogens with zero attached hydrogens (tertiary/aromatic N) is 3. The molecule has 0 aliphatic carbocycles. The van der Waals surface area contributed by atoms with Crippen LogP contribution in [0.5, 0.6) is 11.5 Å². The van der Waals surface area contributed by atoms with E-state index in [4.69, 9.17) is 21.6 Å². The number of rotatable bonds is 3. The molecule has 0 aliphatic rings. The van der Waals surface area contributed by atoms with Crippen LogP contribution in [0.3, 0.4) is 0 Å². The topological polar surface area (TPSA) is 89.0 Å². The van der Waals surface area contributed by atoms with Crippen molar-refractivity contribution in [3.05, 3.63) is 57.4 Å². The quantitative estimate of drug-likeness (QED) is 0.633. The summed E-state index contributed by atoms with van der Waals surface area (Å²) in [5.41, 5.74) is -0.00480. The van der Waals surface area contributed by atoms with Gasteiger partial charge in [-0.3, -0.25) is 10.1 Å². The molecule has 0 aliphatic heterocycles. The zero-order chi connectivity index (χ0) is 13.8. The van der Waals surface area contributed by atoms with E-state index in [0.29, 0.717) is 5.75 Å². The molecule has 0 unspecified atom stereocenters. The number of pyridine rings is 1. The molecule has 0 radical (unpaired) electrons. The second-order valence-electron chi connectivity index (χ2n) is 3.46. The number of ether oxygens (including phenoxy) is 1. The maximum Gasteiger partial charge on any atom is 0.313 e. The van der Waals surface area contributed by atoms with Crippen LogP contribution < -0.4 is 4.74 Å². The van der Waals surface area contributed by atoms with Gasteiger partial charge in [0.2, 0.25) is 5.75 Å². The van der Waals surface area contributed by atoms with Gasteiger partial charge >= 0.3 is 5.69 Å². The highest BCUT2D eigenvalue weighted by Crippen LogP contribution is 2.33. The monoisotopic (exact) mass is 275 g/mol. The SMILES string of the molecule is N#Cc1ccc(Oc2ccc(Cl)cc2[N+](=O)[O-])cn1. The molecule has 0 N–H and O–H groups in total. The highest BCUT2D eigenvalue weighted by atomic mass is 35.5. The molecule has 2 rings (SSSR count). The number of nitro benzene ring substituents is 1. The van der Waals surface area contributed by atoms with Gasteiger partial charge in [0.05, 0.1) is 11.1 Å². The van der Waals surface area contributed by atoms with Crippen molar-refractivity contribution < 1.29 is 9.66 Å². The van der Waals surface area contributed by atoms with Gasteiger partial charge in [0.1, 0.15) is 17.5 Å². The van der Waals surface area contributed by atoms with E-state index in [9.17, 15) is 10.1 Å². The summed E-state index contributed by atoms with van der Waals surface area (Å²) in [6, 6.07) is 8.91. The zero-order valence-electron chi connectivity index (χ0n) is 9.41. The Balaban J connectivity index is 2.32. The van der Waals surface area contributed by atoms with Gasteiger partial charge in [0.15, 0.2) is 0 Å². The second kappa shape index (κ2) is 5.33. The molecule has 1 aromatic heterocycles. The lowest BCUT2D eigenvalue weighted by Gasteiger charge is -2.05. The van der Waals surface area contributed by atoms with E-state index in [1.807, 2.05) is 6.07 Å². The fourth-order valence-corrected chi connectivity index (χ4v) is 1.52. The molecule has 19 heavy (non-hydrogen) atoms. The van der Waals surface area contributed by atoms with E-state index in [1.54, 1.807) is 0 Å². The van der Waals surface area contributed by atoms with Crippen LogP contribution in [0.25, 0.3) is 0 Å². The van der Waals surface area contributed by atoms with Crippen molar-refractivity contribution in [2.24, 2.45) is 0 Å². The lowest BCUT2D eigenvalue weighted by molar-refractivity contribution is -0.385. The standard InChI is InChI=1S/C12H6ClN3O3/c13-8-1-4-12(11(5-8)16(17)18)19-10-3-2-9(6-14)15-7-10/h1-5,7H. The predicted octanol–water partition coefficient (Wildman–Crippen LogP) is 3.31. The largest absolute Gasteiger partial charge is 0.449 e. The third-order valence-corrected chi connectivity index (χ3v) is 2.43. The van der Waals surface area contributed by atoms with E-state index in [-0.39, 0.29) is 22.2 Å². The Hall–Kier alpha value is -2.65. The van der Waals surface area contributed by atoms with Gasteiger partial charge in [0, 0.05) is 11.1 Å². The molecule has 6 nitrogen and oxygen atoms in total. The number of halogens is 1. The van der Waals surface area contributed by atoms with Gasteiger partial charge in [-0.25, -0.2) is 4.98 Å². The molecular formula is C12H6ClN3O3. The molecule has 0 bridgehead atoms. The first-order chi connectivity index (χ1) is 9.10. The van der Waals surface area contributed by atoms with Gasteiger partial charge in [-0.05, 0) is 24.3 Å². The number of hydrogen-bond donors (Lipinski definition) is 0. The number of nitriles is 1. The lowest BCUT2D eigenvalue weighted by Crippen LogP contribution is -1.94. The first-order valence-corrected chi connectivity index (χ1v) is 5.46. The molecule has 7 heteroatoms. The van der Waals surface area contributed by atoms with Crippen molar-refractivity contribution in [1.29, 1.82) is 5.26 Å². The summed E-state index contributed by atoms with van der Waals surface area (Å²) in [6.07, 6.45) is 1.32. The average molecular weight is 276 g/mol. The molecule has 94 valence electrons. The van der Waals surface area contributed by atoms with Gasteiger partial charge in [-0.15, -0.1) is 0 Å². The summed E-state index contributed by atoms with van der Waals surface area (Å²) in [7, 11) is 0. The third kappa shape index (κ3) is 2.97. The number of benzene rings is 1. The Kier molecular flexibility index (Phi) is 3.59. The van der Waals surface area contributed by atoms with Crippen LogP contribution in [0.15, 0.2) is 36.5 Å². The molecule has 0 fully saturated rings. The van der Waals surface area contributed by atoms with Gasteiger partial charge in [-0.1, -0.05) is 11.6 Å². The van der Waals surface area contributed by atoms with Crippen molar-refractivity contribution in [1.82, 2.24) is 4.98 Å². The number of aromatic nitrogens is 1. The summed E-state index contributed by atoms with van der Waals surface area (Å²) in [4.78, 5) is 14.1. The molecule has 0 spiro atoms. The van der Waals surface area contributed by atoms with Crippen molar-refractivity contribution in [3.8, 4) is 17.6 Å². The summed E-state index contributed by atoms with van der Waals surface area (Å²) < 4.78 is 5.35. The number of hydrogen-bond acceptors (Lipinski definition) is 5. The molecule has 0 atom stereocenters. The summed E-state index contributed by atoms with van der Waals surface area (Å²) >= 11 is 5.70. The van der Waals surface area contributed by atoms with Crippen LogP contribution >= 0.6 is 11.6 Å². The van der Waals surface area contributed by atoms with Crippen LogP contribution in [0.4, 0.5) is 5.69 Å². The number of nitro groups is 1. The Morgan fingerprint density at radius 3 is 2.74 bits per heavy atom. The van der Waals surface area contributed by atoms with Gasteiger partial charge in [-0.2, -0.15) is 5.26 Å². The molecule has 0 saturated carbocycles. The minimum absolute atomic E-state index is 0.0564. The Morgan fingerprint density at radius 2 is 2.16 bits per heavy atom. The maximum absolute atomic E-state index is 10.9. The van der Waals surface area contributed by atoms with E-state index in [2.05, 4.69) is 4.98 Å². The maximum atomic E-state index is 10.9. The summed E-state index contributed by atoms with van der Waals surface area (Å²) in [5.74, 6) is 0.352. The fourth-order valence-electron chi connectivity index (χ4n) is 1.35. The van der Waals surface area contributed by atoms with E-state index < -0.39 is 4.92 Å². The zero-order valence-corrected chi connectivity index (χ0v) is 10.2. The van der Waals surface area contributed by atoms with E-state index >= 15 is 0 Å². The molecule has 0 saturated heterocycles. The fraction of sp³-hybridized carbons (Fsp3) is 0. The normalized spacial score (nSPS) is 9.68. The van der Waals surface area contributed by atoms with Crippen LogP contribution in [-0.2, 0) is 0 Å². The van der Waals surface area contributed by atoms with E-state index in [0.717, 1.165) is 0 Å². The van der Waals surface area contributed by atoms with Crippen LogP contribution in [0, 0.1) is 21.4 Å². The minimum Gasteiger partial charge on any atom is -0.449 e. The molecular weight excluding hydrogens is 270 g/mol. The first kappa shape index (κ1) is 12.8. The Labute approximate surface area is 113 Å². The van der Waals surface area contributed by atoms with Crippen LogP contribution in [0.2, 0.25) is 5.02 Å². The van der Waals surface area contributed by atoms with Gasteiger partial charge < -0.3 is 4.74 Å². The minimum atomic E-state index is -0.585. The summed E-state index contributed by atoms with van der Waals surface area (Å²) in [6.45, 7) is 0.